The monoisotopic (exact) mass is 198 g/mol. The molecule has 0 aromatic rings. The third kappa shape index (κ3) is 1.91. The van der Waals surface area contributed by atoms with E-state index in [1.54, 1.807) is 0 Å². The zero-order valence-corrected chi connectivity index (χ0v) is 8.77. The molecular weight excluding hydrogens is 180 g/mol. The van der Waals surface area contributed by atoms with E-state index in [1.165, 1.54) is 0 Å². The quantitative estimate of drug-likeness (QED) is 0.643. The summed E-state index contributed by atoms with van der Waals surface area (Å²) < 4.78 is 5.57. The van der Waals surface area contributed by atoms with Crippen LogP contribution in [0.25, 0.3) is 0 Å². The Morgan fingerprint density at radius 3 is 2.29 bits per heavy atom. The van der Waals surface area contributed by atoms with Gasteiger partial charge in [-0.05, 0) is 20.3 Å². The molecule has 1 amide bonds. The first-order valence-corrected chi connectivity index (χ1v) is 5.27. The molecule has 0 spiro atoms. The molecule has 4 heteroatoms. The summed E-state index contributed by atoms with van der Waals surface area (Å²) in [6.07, 6.45) is 1.16. The third-order valence-corrected chi connectivity index (χ3v) is 2.89. The zero-order valence-electron chi connectivity index (χ0n) is 8.77. The Balaban J connectivity index is 1.93. The third-order valence-electron chi connectivity index (χ3n) is 2.89. The SMILES string of the molecule is CC1CN(C(=O)C2CC2N)CC(C)O1. The number of carbonyl (C=O) groups excluding carboxylic acids is 1. The van der Waals surface area contributed by atoms with E-state index in [1.807, 2.05) is 18.7 Å². The van der Waals surface area contributed by atoms with Gasteiger partial charge in [-0.2, -0.15) is 0 Å². The number of rotatable bonds is 1. The Bertz CT molecular complexity index is 234. The van der Waals surface area contributed by atoms with E-state index in [2.05, 4.69) is 0 Å². The fraction of sp³-hybridized carbons (Fsp3) is 0.900. The molecule has 4 atom stereocenters. The van der Waals surface area contributed by atoms with Crippen molar-refractivity contribution in [3.63, 3.8) is 0 Å². The summed E-state index contributed by atoms with van der Waals surface area (Å²) in [5.41, 5.74) is 5.66. The van der Waals surface area contributed by atoms with E-state index in [4.69, 9.17) is 10.5 Å². The maximum Gasteiger partial charge on any atom is 0.227 e. The van der Waals surface area contributed by atoms with Gasteiger partial charge in [-0.3, -0.25) is 4.79 Å². The van der Waals surface area contributed by atoms with Gasteiger partial charge < -0.3 is 15.4 Å². The van der Waals surface area contributed by atoms with Gasteiger partial charge in [0.15, 0.2) is 0 Å². The highest BCUT2D eigenvalue weighted by Crippen LogP contribution is 2.30. The first-order valence-electron chi connectivity index (χ1n) is 5.27. The van der Waals surface area contributed by atoms with Crippen molar-refractivity contribution < 1.29 is 9.53 Å². The highest BCUT2D eigenvalue weighted by molar-refractivity contribution is 5.82. The molecule has 1 heterocycles. The van der Waals surface area contributed by atoms with Crippen molar-refractivity contribution in [3.8, 4) is 0 Å². The van der Waals surface area contributed by atoms with Crippen LogP contribution in [0.3, 0.4) is 0 Å². The lowest BCUT2D eigenvalue weighted by molar-refractivity contribution is -0.144. The van der Waals surface area contributed by atoms with Crippen LogP contribution < -0.4 is 5.73 Å². The largest absolute Gasteiger partial charge is 0.372 e. The summed E-state index contributed by atoms with van der Waals surface area (Å²) >= 11 is 0. The second-order valence-corrected chi connectivity index (χ2v) is 4.51. The number of hydrogen-bond acceptors (Lipinski definition) is 3. The Labute approximate surface area is 84.4 Å². The fourth-order valence-electron chi connectivity index (χ4n) is 2.09. The summed E-state index contributed by atoms with van der Waals surface area (Å²) in [5, 5.41) is 0. The van der Waals surface area contributed by atoms with Gasteiger partial charge >= 0.3 is 0 Å². The fourth-order valence-corrected chi connectivity index (χ4v) is 2.09. The standard InChI is InChI=1S/C10H18N2O2/c1-6-4-12(5-7(2)14-6)10(13)8-3-9(8)11/h6-9H,3-5,11H2,1-2H3. The summed E-state index contributed by atoms with van der Waals surface area (Å²) in [7, 11) is 0. The Kier molecular flexibility index (Phi) is 2.49. The van der Waals surface area contributed by atoms with E-state index < -0.39 is 0 Å². The molecule has 4 nitrogen and oxygen atoms in total. The van der Waals surface area contributed by atoms with Crippen LogP contribution in [0.4, 0.5) is 0 Å². The van der Waals surface area contributed by atoms with E-state index in [0.717, 1.165) is 6.42 Å². The molecule has 1 saturated carbocycles. The second-order valence-electron chi connectivity index (χ2n) is 4.51. The van der Waals surface area contributed by atoms with Gasteiger partial charge in [0.25, 0.3) is 0 Å². The van der Waals surface area contributed by atoms with Crippen LogP contribution in [-0.4, -0.2) is 42.1 Å². The smallest absolute Gasteiger partial charge is 0.227 e. The van der Waals surface area contributed by atoms with Crippen LogP contribution in [0.5, 0.6) is 0 Å². The highest BCUT2D eigenvalue weighted by atomic mass is 16.5. The molecule has 2 rings (SSSR count). The van der Waals surface area contributed by atoms with Crippen LogP contribution in [-0.2, 0) is 9.53 Å². The number of carbonyl (C=O) groups is 1. The molecule has 80 valence electrons. The van der Waals surface area contributed by atoms with Crippen LogP contribution >= 0.6 is 0 Å². The van der Waals surface area contributed by atoms with Crippen molar-refractivity contribution in [1.29, 1.82) is 0 Å². The van der Waals surface area contributed by atoms with E-state index in [9.17, 15) is 4.79 Å². The molecule has 2 fully saturated rings. The molecule has 4 unspecified atom stereocenters. The summed E-state index contributed by atoms with van der Waals surface area (Å²) in [6, 6.07) is 0.107. The van der Waals surface area contributed by atoms with Crippen LogP contribution in [0, 0.1) is 5.92 Å². The maximum atomic E-state index is 11.9. The van der Waals surface area contributed by atoms with Crippen molar-refractivity contribution in [2.24, 2.45) is 11.7 Å². The lowest BCUT2D eigenvalue weighted by Gasteiger charge is -2.35. The number of ether oxygens (including phenoxy) is 1. The minimum absolute atomic E-state index is 0.0903. The van der Waals surface area contributed by atoms with E-state index in [0.29, 0.717) is 13.1 Å². The first kappa shape index (κ1) is 9.93. The van der Waals surface area contributed by atoms with Crippen LogP contribution in [0.1, 0.15) is 20.3 Å². The second kappa shape index (κ2) is 3.51. The van der Waals surface area contributed by atoms with Crippen molar-refractivity contribution in [2.75, 3.05) is 13.1 Å². The average molecular weight is 198 g/mol. The van der Waals surface area contributed by atoms with Crippen molar-refractivity contribution >= 4 is 5.91 Å². The number of amides is 1. The van der Waals surface area contributed by atoms with Gasteiger partial charge in [0.2, 0.25) is 5.91 Å². The molecule has 1 aliphatic heterocycles. The summed E-state index contributed by atoms with van der Waals surface area (Å²) in [5.74, 6) is 0.312. The number of nitrogens with two attached hydrogens (primary N) is 1. The topological polar surface area (TPSA) is 55.6 Å². The maximum absolute atomic E-state index is 11.9. The Hall–Kier alpha value is -0.610. The average Bonchev–Trinajstić information content (AvgIpc) is 2.79. The van der Waals surface area contributed by atoms with Crippen molar-refractivity contribution in [2.45, 2.75) is 38.5 Å². The van der Waals surface area contributed by atoms with Crippen LogP contribution in [0.2, 0.25) is 0 Å². The molecule has 0 bridgehead atoms. The van der Waals surface area contributed by atoms with Gasteiger partial charge in [-0.15, -0.1) is 0 Å². The molecule has 0 aromatic heterocycles. The lowest BCUT2D eigenvalue weighted by atomic mass is 10.2. The Morgan fingerprint density at radius 1 is 1.36 bits per heavy atom. The van der Waals surface area contributed by atoms with Gasteiger partial charge in [-0.25, -0.2) is 0 Å². The normalized spacial score (nSPS) is 42.4. The van der Waals surface area contributed by atoms with Crippen molar-refractivity contribution in [1.82, 2.24) is 4.90 Å². The predicted octanol–water partition coefficient (Wildman–Crippen LogP) is -0.0306. The van der Waals surface area contributed by atoms with Crippen LogP contribution in [0.15, 0.2) is 0 Å². The molecule has 0 aromatic carbocycles. The first-order chi connectivity index (χ1) is 6.58. The highest BCUT2D eigenvalue weighted by Gasteiger charge is 2.43. The van der Waals surface area contributed by atoms with Gasteiger partial charge in [0.05, 0.1) is 18.1 Å². The minimum atomic E-state index is 0.0903. The van der Waals surface area contributed by atoms with Crippen molar-refractivity contribution in [3.05, 3.63) is 0 Å². The molecule has 2 aliphatic rings. The molecule has 14 heavy (non-hydrogen) atoms. The number of morpholine rings is 1. The van der Waals surface area contributed by atoms with Gasteiger partial charge in [0.1, 0.15) is 0 Å². The van der Waals surface area contributed by atoms with E-state index >= 15 is 0 Å². The lowest BCUT2D eigenvalue weighted by Crippen LogP contribution is -2.49. The number of hydrogen-bond donors (Lipinski definition) is 1. The van der Waals surface area contributed by atoms with Gasteiger partial charge in [-0.1, -0.05) is 0 Å². The molecule has 1 aliphatic carbocycles. The number of nitrogens with zero attached hydrogens (tertiary/aromatic N) is 1. The summed E-state index contributed by atoms with van der Waals surface area (Å²) in [6.45, 7) is 5.43. The molecule has 0 radical (unpaired) electrons. The summed E-state index contributed by atoms with van der Waals surface area (Å²) in [4.78, 5) is 13.8. The molecular formula is C10H18N2O2. The van der Waals surface area contributed by atoms with E-state index in [-0.39, 0.29) is 30.1 Å². The predicted molar refractivity (Wildman–Crippen MR) is 52.7 cm³/mol. The zero-order chi connectivity index (χ0) is 10.3. The Morgan fingerprint density at radius 2 is 1.86 bits per heavy atom. The van der Waals surface area contributed by atoms with Gasteiger partial charge in [0, 0.05) is 19.1 Å². The molecule has 1 saturated heterocycles. The minimum Gasteiger partial charge on any atom is -0.372 e. The molecule has 2 N–H and O–H groups in total.